The molecule has 8 heteroatoms. The molecule has 0 radical (unpaired) electrons. The van der Waals surface area contributed by atoms with E-state index < -0.39 is 0 Å². The summed E-state index contributed by atoms with van der Waals surface area (Å²) in [5.74, 6) is 0.994. The molecule has 0 unspecified atom stereocenters. The van der Waals surface area contributed by atoms with Crippen molar-refractivity contribution >= 4 is 45.3 Å². The van der Waals surface area contributed by atoms with Crippen LogP contribution in [-0.4, -0.2) is 32.6 Å². The Morgan fingerprint density at radius 1 is 1.38 bits per heavy atom. The second kappa shape index (κ2) is 7.06. The molecular formula is C13H14N4OS3. The Labute approximate surface area is 134 Å². The van der Waals surface area contributed by atoms with E-state index in [0.29, 0.717) is 13.0 Å². The van der Waals surface area contributed by atoms with Crippen molar-refractivity contribution in [1.82, 2.24) is 19.7 Å². The number of rotatable bonds is 7. The molecular weight excluding hydrogens is 324 g/mol. The van der Waals surface area contributed by atoms with Crippen molar-refractivity contribution in [2.75, 3.05) is 12.3 Å². The minimum Gasteiger partial charge on any atom is -0.356 e. The van der Waals surface area contributed by atoms with E-state index in [1.54, 1.807) is 34.4 Å². The van der Waals surface area contributed by atoms with Gasteiger partial charge in [-0.05, 0) is 6.42 Å². The first-order chi connectivity index (χ1) is 10.3. The highest BCUT2D eigenvalue weighted by Crippen LogP contribution is 2.20. The third kappa shape index (κ3) is 4.05. The lowest BCUT2D eigenvalue weighted by Crippen LogP contribution is -2.26. The predicted octanol–water partition coefficient (Wildman–Crippen LogP) is 2.69. The lowest BCUT2D eigenvalue weighted by Gasteiger charge is -2.03. The van der Waals surface area contributed by atoms with Crippen molar-refractivity contribution in [2.24, 2.45) is 0 Å². The lowest BCUT2D eigenvalue weighted by molar-refractivity contribution is -0.120. The Morgan fingerprint density at radius 2 is 2.33 bits per heavy atom. The average molecular weight is 338 g/mol. The molecule has 0 aliphatic carbocycles. The number of fused-ring (bicyclic) bond motifs is 1. The normalized spacial score (nSPS) is 11.0. The minimum atomic E-state index is 0.0278. The predicted molar refractivity (Wildman–Crippen MR) is 87.2 cm³/mol. The number of thioether (sulfide) groups is 1. The number of amides is 1. The number of hydrogen-bond acceptors (Lipinski definition) is 6. The third-order valence-corrected chi connectivity index (χ3v) is 5.59. The summed E-state index contributed by atoms with van der Waals surface area (Å²) in [7, 11) is 0. The molecule has 21 heavy (non-hydrogen) atoms. The first-order valence-electron chi connectivity index (χ1n) is 6.51. The van der Waals surface area contributed by atoms with Crippen LogP contribution in [0.5, 0.6) is 0 Å². The number of nitrogens with one attached hydrogen (secondary N) is 1. The largest absolute Gasteiger partial charge is 0.356 e. The summed E-state index contributed by atoms with van der Waals surface area (Å²) in [4.78, 5) is 21.4. The van der Waals surface area contributed by atoms with Gasteiger partial charge in [-0.2, -0.15) is 0 Å². The molecule has 0 atom stereocenters. The van der Waals surface area contributed by atoms with Crippen LogP contribution in [0.1, 0.15) is 12.1 Å². The maximum Gasteiger partial charge on any atom is 0.226 e. The van der Waals surface area contributed by atoms with Gasteiger partial charge >= 0.3 is 0 Å². The van der Waals surface area contributed by atoms with Crippen LogP contribution in [0.4, 0.5) is 0 Å². The van der Waals surface area contributed by atoms with Crippen molar-refractivity contribution in [3.05, 3.63) is 35.0 Å². The molecule has 1 N–H and O–H groups in total. The Kier molecular flexibility index (Phi) is 4.89. The smallest absolute Gasteiger partial charge is 0.226 e. The SMILES string of the molecule is O=C(Cc1cn2ccsc2n1)NCCCSc1nccs1. The van der Waals surface area contributed by atoms with E-state index in [0.717, 1.165) is 27.2 Å². The van der Waals surface area contributed by atoms with E-state index in [2.05, 4.69) is 15.3 Å². The van der Waals surface area contributed by atoms with E-state index in [1.807, 2.05) is 33.8 Å². The Bertz CT molecular complexity index is 675. The van der Waals surface area contributed by atoms with Crippen molar-refractivity contribution in [3.8, 4) is 0 Å². The van der Waals surface area contributed by atoms with Gasteiger partial charge < -0.3 is 5.32 Å². The summed E-state index contributed by atoms with van der Waals surface area (Å²) in [6.45, 7) is 0.694. The maximum atomic E-state index is 11.8. The summed E-state index contributed by atoms with van der Waals surface area (Å²) in [6, 6.07) is 0. The summed E-state index contributed by atoms with van der Waals surface area (Å²) in [6.07, 6.45) is 6.95. The van der Waals surface area contributed by atoms with Gasteiger partial charge in [0.1, 0.15) is 4.34 Å². The zero-order chi connectivity index (χ0) is 14.5. The number of carbonyl (C=O) groups excluding carboxylic acids is 1. The van der Waals surface area contributed by atoms with Crippen LogP contribution in [0.25, 0.3) is 4.96 Å². The molecule has 5 nitrogen and oxygen atoms in total. The zero-order valence-electron chi connectivity index (χ0n) is 11.2. The average Bonchev–Trinajstić information content (AvgIpc) is 3.14. The molecule has 0 bridgehead atoms. The van der Waals surface area contributed by atoms with E-state index in [9.17, 15) is 4.79 Å². The number of nitrogens with zero attached hydrogens (tertiary/aromatic N) is 3. The van der Waals surface area contributed by atoms with Gasteiger partial charge in [0, 0.05) is 41.6 Å². The summed E-state index contributed by atoms with van der Waals surface area (Å²) >= 11 is 4.95. The van der Waals surface area contributed by atoms with Crippen LogP contribution in [0, 0.1) is 0 Å². The van der Waals surface area contributed by atoms with Gasteiger partial charge in [0.2, 0.25) is 5.91 Å². The maximum absolute atomic E-state index is 11.8. The van der Waals surface area contributed by atoms with Crippen molar-refractivity contribution < 1.29 is 4.79 Å². The molecule has 0 aliphatic rings. The van der Waals surface area contributed by atoms with Gasteiger partial charge in [-0.25, -0.2) is 9.97 Å². The molecule has 3 rings (SSSR count). The van der Waals surface area contributed by atoms with Crippen LogP contribution in [-0.2, 0) is 11.2 Å². The molecule has 0 saturated heterocycles. The number of imidazole rings is 1. The molecule has 0 saturated carbocycles. The molecule has 0 fully saturated rings. The van der Waals surface area contributed by atoms with Gasteiger partial charge in [0.15, 0.2) is 4.96 Å². The number of carbonyl (C=O) groups is 1. The molecule has 1 amide bonds. The Morgan fingerprint density at radius 3 is 3.14 bits per heavy atom. The first kappa shape index (κ1) is 14.6. The summed E-state index contributed by atoms with van der Waals surface area (Å²) < 4.78 is 3.03. The summed E-state index contributed by atoms with van der Waals surface area (Å²) in [5.41, 5.74) is 0.816. The standard InChI is InChI=1S/C13H14N4OS3/c18-11(8-10-9-17-4-7-19-12(17)16-10)14-2-1-5-20-13-15-3-6-21-13/h3-4,6-7,9H,1-2,5,8H2,(H,14,18). The number of thiazole rings is 2. The second-order valence-electron chi connectivity index (χ2n) is 4.35. The molecule has 110 valence electrons. The van der Waals surface area contributed by atoms with Crippen molar-refractivity contribution in [2.45, 2.75) is 17.2 Å². The van der Waals surface area contributed by atoms with Gasteiger partial charge in [0.05, 0.1) is 12.1 Å². The summed E-state index contributed by atoms with van der Waals surface area (Å²) in [5, 5.41) is 6.88. The fraction of sp³-hybridized carbons (Fsp3) is 0.308. The Hall–Kier alpha value is -1.38. The monoisotopic (exact) mass is 338 g/mol. The van der Waals surface area contributed by atoms with Gasteiger partial charge in [0.25, 0.3) is 0 Å². The highest BCUT2D eigenvalue weighted by atomic mass is 32.2. The van der Waals surface area contributed by atoms with E-state index in [1.165, 1.54) is 0 Å². The van der Waals surface area contributed by atoms with Crippen LogP contribution in [0.2, 0.25) is 0 Å². The molecule has 3 heterocycles. The highest BCUT2D eigenvalue weighted by Gasteiger charge is 2.07. The fourth-order valence-electron chi connectivity index (χ4n) is 1.83. The first-order valence-corrected chi connectivity index (χ1v) is 9.26. The third-order valence-electron chi connectivity index (χ3n) is 2.76. The highest BCUT2D eigenvalue weighted by molar-refractivity contribution is 8.00. The molecule has 0 aliphatic heterocycles. The molecule has 0 aromatic carbocycles. The number of hydrogen-bond donors (Lipinski definition) is 1. The van der Waals surface area contributed by atoms with Gasteiger partial charge in [-0.15, -0.1) is 22.7 Å². The Balaban J connectivity index is 1.35. The minimum absolute atomic E-state index is 0.0278. The van der Waals surface area contributed by atoms with E-state index in [-0.39, 0.29) is 5.91 Å². The molecule has 0 spiro atoms. The lowest BCUT2D eigenvalue weighted by atomic mass is 10.3. The van der Waals surface area contributed by atoms with Crippen molar-refractivity contribution in [1.29, 1.82) is 0 Å². The van der Waals surface area contributed by atoms with Gasteiger partial charge in [-0.1, -0.05) is 11.8 Å². The van der Waals surface area contributed by atoms with E-state index in [4.69, 9.17) is 0 Å². The van der Waals surface area contributed by atoms with Crippen molar-refractivity contribution in [3.63, 3.8) is 0 Å². The molecule has 3 aromatic rings. The number of aromatic nitrogens is 3. The second-order valence-corrected chi connectivity index (χ2v) is 7.46. The van der Waals surface area contributed by atoms with Crippen LogP contribution < -0.4 is 5.32 Å². The quantitative estimate of drug-likeness (QED) is 0.531. The topological polar surface area (TPSA) is 59.3 Å². The van der Waals surface area contributed by atoms with E-state index >= 15 is 0 Å². The van der Waals surface area contributed by atoms with Crippen LogP contribution >= 0.6 is 34.4 Å². The van der Waals surface area contributed by atoms with Crippen LogP contribution in [0.3, 0.4) is 0 Å². The fourth-order valence-corrected chi connectivity index (χ4v) is 4.20. The van der Waals surface area contributed by atoms with Gasteiger partial charge in [-0.3, -0.25) is 9.20 Å². The zero-order valence-corrected chi connectivity index (χ0v) is 13.6. The van der Waals surface area contributed by atoms with Crippen LogP contribution in [0.15, 0.2) is 33.7 Å². The molecule has 3 aromatic heterocycles.